The van der Waals surface area contributed by atoms with Gasteiger partial charge in [0.05, 0.1) is 33.5 Å². The summed E-state index contributed by atoms with van der Waals surface area (Å²) in [5, 5.41) is 7.11. The van der Waals surface area contributed by atoms with Gasteiger partial charge < -0.3 is 13.6 Å². The van der Waals surface area contributed by atoms with Crippen molar-refractivity contribution in [2.45, 2.75) is 0 Å². The lowest BCUT2D eigenvalue weighted by molar-refractivity contribution is 0.669. The van der Waals surface area contributed by atoms with Crippen LogP contribution in [0.5, 0.6) is 0 Å². The first kappa shape index (κ1) is 31.6. The average Bonchev–Trinajstić information content (AvgIpc) is 3.94. The van der Waals surface area contributed by atoms with E-state index in [0.29, 0.717) is 5.82 Å². The van der Waals surface area contributed by atoms with Crippen molar-refractivity contribution in [1.29, 1.82) is 0 Å². The van der Waals surface area contributed by atoms with Crippen LogP contribution in [0, 0.1) is 0 Å². The van der Waals surface area contributed by atoms with Crippen molar-refractivity contribution in [2.24, 2.45) is 0 Å². The third kappa shape index (κ3) is 4.89. The molecule has 4 heterocycles. The van der Waals surface area contributed by atoms with Crippen LogP contribution in [0.3, 0.4) is 0 Å². The summed E-state index contributed by atoms with van der Waals surface area (Å²) in [5.74, 6) is 0.685. The molecule has 4 aromatic heterocycles. The summed E-state index contributed by atoms with van der Waals surface area (Å²) < 4.78 is 11.0. The van der Waals surface area contributed by atoms with Crippen LogP contribution in [0.15, 0.2) is 199 Å². The van der Waals surface area contributed by atoms with E-state index in [1.165, 1.54) is 32.6 Å². The molecule has 5 heteroatoms. The summed E-state index contributed by atoms with van der Waals surface area (Å²) >= 11 is 0. The summed E-state index contributed by atoms with van der Waals surface area (Å²) in [6, 6.07) is 68.4. The Hall–Kier alpha value is -7.76. The second-order valence-corrected chi connectivity index (χ2v) is 14.6. The molecule has 0 aliphatic carbocycles. The van der Waals surface area contributed by atoms with Crippen LogP contribution in [0.1, 0.15) is 0 Å². The van der Waals surface area contributed by atoms with Crippen molar-refractivity contribution in [1.82, 2.24) is 19.1 Å². The average molecular weight is 729 g/mol. The lowest BCUT2D eigenvalue weighted by Crippen LogP contribution is -1.97. The number of nitrogens with zero attached hydrogens (tertiary/aromatic N) is 4. The first-order valence-electron chi connectivity index (χ1n) is 19.2. The molecule has 0 aliphatic heterocycles. The van der Waals surface area contributed by atoms with Crippen molar-refractivity contribution < 1.29 is 4.42 Å². The van der Waals surface area contributed by atoms with Crippen LogP contribution >= 0.6 is 0 Å². The van der Waals surface area contributed by atoms with Gasteiger partial charge >= 0.3 is 0 Å². The highest BCUT2D eigenvalue weighted by Gasteiger charge is 2.21. The predicted molar refractivity (Wildman–Crippen MR) is 234 cm³/mol. The maximum atomic E-state index is 6.15. The van der Waals surface area contributed by atoms with Crippen LogP contribution in [0.25, 0.3) is 111 Å². The molecule has 57 heavy (non-hydrogen) atoms. The molecule has 0 N–H and O–H groups in total. The molecule has 0 unspecified atom stereocenters. The Balaban J connectivity index is 1.03. The number of aromatic nitrogens is 4. The van der Waals surface area contributed by atoms with E-state index in [1.54, 1.807) is 0 Å². The van der Waals surface area contributed by atoms with Gasteiger partial charge in [-0.2, -0.15) is 0 Å². The van der Waals surface area contributed by atoms with E-state index in [9.17, 15) is 0 Å². The number of hydrogen-bond acceptors (Lipinski definition) is 3. The standard InChI is InChI=1S/C52H32N4O/c1-3-13-34(14-4-1)52-53-43(32-44(54-52)35-25-30-49-42(31-35)39-18-9-12-22-48(39)57-49)33-23-26-37(27-24-33)55-46-21-11-8-19-41(46)50-47(55)29-28-40-38-17-7-10-20-45(38)56(51(40)50)36-15-5-2-6-16-36/h1-32H. The van der Waals surface area contributed by atoms with Crippen LogP contribution < -0.4 is 0 Å². The van der Waals surface area contributed by atoms with Gasteiger partial charge in [0.15, 0.2) is 5.82 Å². The Morgan fingerprint density at radius 2 is 0.947 bits per heavy atom. The zero-order valence-corrected chi connectivity index (χ0v) is 30.7. The molecule has 0 spiro atoms. The molecule has 0 atom stereocenters. The normalized spacial score (nSPS) is 11.9. The van der Waals surface area contributed by atoms with E-state index in [4.69, 9.17) is 14.4 Å². The topological polar surface area (TPSA) is 48.8 Å². The number of para-hydroxylation sites is 4. The number of benzene rings is 8. The van der Waals surface area contributed by atoms with E-state index in [1.807, 2.05) is 42.5 Å². The fourth-order valence-electron chi connectivity index (χ4n) is 8.76. The molecule has 0 fully saturated rings. The summed E-state index contributed by atoms with van der Waals surface area (Å²) in [6.07, 6.45) is 0. The molecule has 0 saturated heterocycles. The van der Waals surface area contributed by atoms with Gasteiger partial charge in [0.1, 0.15) is 11.2 Å². The van der Waals surface area contributed by atoms with Crippen LogP contribution in [-0.4, -0.2) is 19.1 Å². The maximum Gasteiger partial charge on any atom is 0.160 e. The smallest absolute Gasteiger partial charge is 0.160 e. The Labute approximate surface area is 327 Å². The van der Waals surface area contributed by atoms with Crippen LogP contribution in [0.2, 0.25) is 0 Å². The highest BCUT2D eigenvalue weighted by Crippen LogP contribution is 2.42. The zero-order valence-electron chi connectivity index (χ0n) is 30.7. The Morgan fingerprint density at radius 3 is 1.74 bits per heavy atom. The second-order valence-electron chi connectivity index (χ2n) is 14.6. The molecule has 0 radical (unpaired) electrons. The molecule has 266 valence electrons. The zero-order chi connectivity index (χ0) is 37.5. The number of hydrogen-bond donors (Lipinski definition) is 0. The summed E-state index contributed by atoms with van der Waals surface area (Å²) in [5.41, 5.74) is 13.4. The largest absolute Gasteiger partial charge is 0.456 e. The maximum absolute atomic E-state index is 6.15. The van der Waals surface area contributed by atoms with Crippen molar-refractivity contribution in [3.8, 4) is 45.3 Å². The third-order valence-electron chi connectivity index (χ3n) is 11.3. The first-order valence-corrected chi connectivity index (χ1v) is 19.2. The van der Waals surface area contributed by atoms with Gasteiger partial charge in [0, 0.05) is 60.4 Å². The SMILES string of the molecule is c1ccc(-c2nc(-c3ccc(-n4c5ccccc5c5c4ccc4c6ccccc6n(-c6ccccc6)c45)cc3)cc(-c3ccc4oc5ccccc5c4c3)n2)cc1. The lowest BCUT2D eigenvalue weighted by atomic mass is 10.0. The molecular weight excluding hydrogens is 697 g/mol. The second kappa shape index (κ2) is 12.4. The molecule has 0 bridgehead atoms. The number of furan rings is 1. The van der Waals surface area contributed by atoms with E-state index < -0.39 is 0 Å². The summed E-state index contributed by atoms with van der Waals surface area (Å²) in [4.78, 5) is 10.3. The fourth-order valence-corrected chi connectivity index (χ4v) is 8.76. The monoisotopic (exact) mass is 728 g/mol. The predicted octanol–water partition coefficient (Wildman–Crippen LogP) is 13.6. The minimum Gasteiger partial charge on any atom is -0.456 e. The first-order chi connectivity index (χ1) is 28.3. The van der Waals surface area contributed by atoms with Gasteiger partial charge in [-0.25, -0.2) is 9.97 Å². The van der Waals surface area contributed by atoms with E-state index >= 15 is 0 Å². The van der Waals surface area contributed by atoms with Crippen molar-refractivity contribution in [2.75, 3.05) is 0 Å². The van der Waals surface area contributed by atoms with Gasteiger partial charge in [-0.15, -0.1) is 0 Å². The van der Waals surface area contributed by atoms with E-state index in [-0.39, 0.29) is 0 Å². The molecule has 12 rings (SSSR count). The summed E-state index contributed by atoms with van der Waals surface area (Å²) in [7, 11) is 0. The van der Waals surface area contributed by atoms with Gasteiger partial charge in [-0.3, -0.25) is 0 Å². The number of fused-ring (bicyclic) bond motifs is 10. The summed E-state index contributed by atoms with van der Waals surface area (Å²) in [6.45, 7) is 0. The Morgan fingerprint density at radius 1 is 0.351 bits per heavy atom. The van der Waals surface area contributed by atoms with E-state index in [2.05, 4.69) is 161 Å². The highest BCUT2D eigenvalue weighted by atomic mass is 16.3. The molecule has 0 aliphatic rings. The van der Waals surface area contributed by atoms with Gasteiger partial charge in [-0.05, 0) is 72.8 Å². The minimum atomic E-state index is 0.685. The van der Waals surface area contributed by atoms with E-state index in [0.717, 1.165) is 72.4 Å². The van der Waals surface area contributed by atoms with Gasteiger partial charge in [0.2, 0.25) is 0 Å². The van der Waals surface area contributed by atoms with Crippen molar-refractivity contribution >= 4 is 65.6 Å². The molecule has 5 nitrogen and oxygen atoms in total. The minimum absolute atomic E-state index is 0.685. The molecule has 12 aromatic rings. The van der Waals surface area contributed by atoms with Crippen molar-refractivity contribution in [3.63, 3.8) is 0 Å². The quantitative estimate of drug-likeness (QED) is 0.177. The molecule has 0 saturated carbocycles. The molecular formula is C52H32N4O. The third-order valence-corrected chi connectivity index (χ3v) is 11.3. The van der Waals surface area contributed by atoms with Gasteiger partial charge in [-0.1, -0.05) is 121 Å². The molecule has 0 amide bonds. The Kier molecular flexibility index (Phi) is 6.86. The highest BCUT2D eigenvalue weighted by molar-refractivity contribution is 6.26. The Bertz CT molecular complexity index is 3500. The molecule has 8 aromatic carbocycles. The number of rotatable bonds is 5. The van der Waals surface area contributed by atoms with Crippen LogP contribution in [-0.2, 0) is 0 Å². The fraction of sp³-hybridized carbons (Fsp3) is 0. The van der Waals surface area contributed by atoms with Gasteiger partial charge in [0.25, 0.3) is 0 Å². The lowest BCUT2D eigenvalue weighted by Gasteiger charge is -2.12. The van der Waals surface area contributed by atoms with Crippen molar-refractivity contribution in [3.05, 3.63) is 194 Å². The van der Waals surface area contributed by atoms with Crippen LogP contribution in [0.4, 0.5) is 0 Å².